The molecule has 1 unspecified atom stereocenters. The average Bonchev–Trinajstić information content (AvgIpc) is 2.87. The van der Waals surface area contributed by atoms with Gasteiger partial charge >= 0.3 is 0 Å². The zero-order valence-electron chi connectivity index (χ0n) is 11.8. The first-order valence-electron chi connectivity index (χ1n) is 6.39. The molecule has 2 N–H and O–H groups in total. The smallest absolute Gasteiger partial charge is 0.226 e. The Hall–Kier alpha value is -1.81. The van der Waals surface area contributed by atoms with Gasteiger partial charge in [0.15, 0.2) is 0 Å². The van der Waals surface area contributed by atoms with Crippen LogP contribution in [0.3, 0.4) is 0 Å². The molecule has 0 amide bonds. The van der Waals surface area contributed by atoms with Crippen molar-refractivity contribution in [2.75, 3.05) is 7.11 Å². The van der Waals surface area contributed by atoms with Crippen LogP contribution in [0.25, 0.3) is 11.5 Å². The van der Waals surface area contributed by atoms with Crippen LogP contribution >= 0.6 is 0 Å². The number of benzene rings is 1. The Morgan fingerprint density at radius 1 is 1.32 bits per heavy atom. The summed E-state index contributed by atoms with van der Waals surface area (Å²) in [5.41, 5.74) is 8.03. The van der Waals surface area contributed by atoms with Gasteiger partial charge in [-0.2, -0.15) is 0 Å². The van der Waals surface area contributed by atoms with E-state index in [4.69, 9.17) is 14.9 Å². The van der Waals surface area contributed by atoms with Gasteiger partial charge in [0.1, 0.15) is 11.5 Å². The van der Waals surface area contributed by atoms with E-state index in [1.807, 2.05) is 25.1 Å². The van der Waals surface area contributed by atoms with Gasteiger partial charge in [0.05, 0.1) is 19.3 Å². The summed E-state index contributed by atoms with van der Waals surface area (Å²) < 4.78 is 11.0. The number of nitrogens with two attached hydrogens (primary N) is 1. The number of nitrogens with zero attached hydrogens (tertiary/aromatic N) is 1. The number of rotatable bonds is 4. The van der Waals surface area contributed by atoms with Gasteiger partial charge in [-0.3, -0.25) is 0 Å². The summed E-state index contributed by atoms with van der Waals surface area (Å²) in [6, 6.07) is 5.72. The van der Waals surface area contributed by atoms with E-state index >= 15 is 0 Å². The van der Waals surface area contributed by atoms with E-state index in [0.29, 0.717) is 11.8 Å². The fraction of sp³-hybridized carbons (Fsp3) is 0.400. The zero-order valence-corrected chi connectivity index (χ0v) is 11.8. The number of methoxy groups -OCH3 is 1. The molecular weight excluding hydrogens is 240 g/mol. The summed E-state index contributed by atoms with van der Waals surface area (Å²) >= 11 is 0. The highest BCUT2D eigenvalue weighted by molar-refractivity contribution is 5.57. The normalized spacial score (nSPS) is 12.7. The van der Waals surface area contributed by atoms with Crippen molar-refractivity contribution in [3.8, 4) is 17.2 Å². The number of ether oxygens (including phenoxy) is 1. The molecule has 0 saturated carbocycles. The number of aryl methyl sites for hydroxylation is 1. The lowest BCUT2D eigenvalue weighted by Crippen LogP contribution is -2.15. The van der Waals surface area contributed by atoms with Crippen molar-refractivity contribution in [3.63, 3.8) is 0 Å². The Kier molecular flexibility index (Phi) is 3.90. The van der Waals surface area contributed by atoms with Gasteiger partial charge in [0.2, 0.25) is 5.89 Å². The van der Waals surface area contributed by atoms with E-state index in [9.17, 15) is 0 Å². The molecule has 102 valence electrons. The van der Waals surface area contributed by atoms with Crippen molar-refractivity contribution in [2.24, 2.45) is 11.7 Å². The highest BCUT2D eigenvalue weighted by Gasteiger charge is 2.16. The number of hydrogen-bond acceptors (Lipinski definition) is 4. The van der Waals surface area contributed by atoms with E-state index in [0.717, 1.165) is 22.6 Å². The molecule has 4 nitrogen and oxygen atoms in total. The summed E-state index contributed by atoms with van der Waals surface area (Å²) in [7, 11) is 1.66. The van der Waals surface area contributed by atoms with Crippen LogP contribution in [-0.4, -0.2) is 12.1 Å². The maximum Gasteiger partial charge on any atom is 0.226 e. The minimum atomic E-state index is -0.124. The lowest BCUT2D eigenvalue weighted by Gasteiger charge is -2.11. The second kappa shape index (κ2) is 5.45. The van der Waals surface area contributed by atoms with Crippen LogP contribution in [-0.2, 0) is 0 Å². The molecular formula is C15H20N2O2. The lowest BCUT2D eigenvalue weighted by molar-refractivity contribution is 0.406. The minimum Gasteiger partial charge on any atom is -0.496 e. The first-order chi connectivity index (χ1) is 9.02. The molecule has 1 aromatic carbocycles. The second-order valence-corrected chi connectivity index (χ2v) is 5.02. The molecule has 0 radical (unpaired) electrons. The van der Waals surface area contributed by atoms with Gasteiger partial charge in [-0.05, 0) is 36.6 Å². The Balaban J connectivity index is 2.30. The van der Waals surface area contributed by atoms with Crippen molar-refractivity contribution in [1.82, 2.24) is 4.98 Å². The van der Waals surface area contributed by atoms with Crippen molar-refractivity contribution in [1.29, 1.82) is 0 Å². The SMILES string of the molecule is COc1ccc(-c2ncc(C(N)C(C)C)o2)cc1C. The van der Waals surface area contributed by atoms with Gasteiger partial charge in [-0.15, -0.1) is 0 Å². The van der Waals surface area contributed by atoms with E-state index in [2.05, 4.69) is 18.8 Å². The third-order valence-electron chi connectivity index (χ3n) is 3.21. The van der Waals surface area contributed by atoms with Crippen LogP contribution in [0, 0.1) is 12.8 Å². The number of oxazole rings is 1. The molecule has 1 heterocycles. The molecule has 0 fully saturated rings. The van der Waals surface area contributed by atoms with Crippen molar-refractivity contribution < 1.29 is 9.15 Å². The highest BCUT2D eigenvalue weighted by Crippen LogP contribution is 2.28. The lowest BCUT2D eigenvalue weighted by atomic mass is 10.0. The molecule has 0 aliphatic rings. The molecule has 19 heavy (non-hydrogen) atoms. The van der Waals surface area contributed by atoms with Crippen LogP contribution in [0.15, 0.2) is 28.8 Å². The maximum absolute atomic E-state index is 6.05. The van der Waals surface area contributed by atoms with Crippen LogP contribution in [0.5, 0.6) is 5.75 Å². The standard InChI is InChI=1S/C15H20N2O2/c1-9(2)14(16)13-8-17-15(19-13)11-5-6-12(18-4)10(3)7-11/h5-9,14H,16H2,1-4H3. The van der Waals surface area contributed by atoms with Gasteiger partial charge in [-0.1, -0.05) is 13.8 Å². The van der Waals surface area contributed by atoms with E-state index in [-0.39, 0.29) is 6.04 Å². The minimum absolute atomic E-state index is 0.124. The van der Waals surface area contributed by atoms with Crippen LogP contribution in [0.2, 0.25) is 0 Å². The Labute approximate surface area is 113 Å². The maximum atomic E-state index is 6.05. The quantitative estimate of drug-likeness (QED) is 0.916. The summed E-state index contributed by atoms with van der Waals surface area (Å²) in [5, 5.41) is 0. The summed E-state index contributed by atoms with van der Waals surface area (Å²) in [6.45, 7) is 6.11. The molecule has 0 aliphatic heterocycles. The Morgan fingerprint density at radius 3 is 2.63 bits per heavy atom. The molecule has 0 aliphatic carbocycles. The number of aromatic nitrogens is 1. The van der Waals surface area contributed by atoms with E-state index < -0.39 is 0 Å². The largest absolute Gasteiger partial charge is 0.496 e. The molecule has 1 atom stereocenters. The Bertz CT molecular complexity index is 561. The predicted octanol–water partition coefficient (Wildman–Crippen LogP) is 3.31. The predicted molar refractivity (Wildman–Crippen MR) is 75.0 cm³/mol. The highest BCUT2D eigenvalue weighted by atomic mass is 16.5. The Morgan fingerprint density at radius 2 is 2.05 bits per heavy atom. The molecule has 2 rings (SSSR count). The third-order valence-corrected chi connectivity index (χ3v) is 3.21. The topological polar surface area (TPSA) is 61.3 Å². The first kappa shape index (κ1) is 13.6. The average molecular weight is 260 g/mol. The van der Waals surface area contributed by atoms with Crippen LogP contribution < -0.4 is 10.5 Å². The molecule has 0 bridgehead atoms. The van der Waals surface area contributed by atoms with Crippen LogP contribution in [0.1, 0.15) is 31.2 Å². The van der Waals surface area contributed by atoms with Crippen LogP contribution in [0.4, 0.5) is 0 Å². The van der Waals surface area contributed by atoms with Crippen molar-refractivity contribution >= 4 is 0 Å². The molecule has 0 saturated heterocycles. The van der Waals surface area contributed by atoms with Gasteiger partial charge in [0, 0.05) is 5.56 Å². The summed E-state index contributed by atoms with van der Waals surface area (Å²) in [4.78, 5) is 4.30. The van der Waals surface area contributed by atoms with E-state index in [1.54, 1.807) is 13.3 Å². The molecule has 2 aromatic rings. The third kappa shape index (κ3) is 2.79. The molecule has 1 aromatic heterocycles. The monoisotopic (exact) mass is 260 g/mol. The molecule has 0 spiro atoms. The zero-order chi connectivity index (χ0) is 14.0. The second-order valence-electron chi connectivity index (χ2n) is 5.02. The van der Waals surface area contributed by atoms with Crippen molar-refractivity contribution in [2.45, 2.75) is 26.8 Å². The fourth-order valence-electron chi connectivity index (χ4n) is 1.91. The summed E-state index contributed by atoms with van der Waals surface area (Å²) in [5.74, 6) is 2.49. The molecule has 4 heteroatoms. The summed E-state index contributed by atoms with van der Waals surface area (Å²) in [6.07, 6.45) is 1.71. The van der Waals surface area contributed by atoms with Gasteiger partial charge in [0.25, 0.3) is 0 Å². The van der Waals surface area contributed by atoms with E-state index in [1.165, 1.54) is 0 Å². The number of hydrogen-bond donors (Lipinski definition) is 1. The van der Waals surface area contributed by atoms with Gasteiger partial charge < -0.3 is 14.9 Å². The fourth-order valence-corrected chi connectivity index (χ4v) is 1.91. The van der Waals surface area contributed by atoms with Gasteiger partial charge in [-0.25, -0.2) is 4.98 Å². The first-order valence-corrected chi connectivity index (χ1v) is 6.39. The van der Waals surface area contributed by atoms with Crippen molar-refractivity contribution in [3.05, 3.63) is 35.7 Å².